The van der Waals surface area contributed by atoms with Crippen molar-refractivity contribution in [3.63, 3.8) is 0 Å². The lowest BCUT2D eigenvalue weighted by molar-refractivity contribution is 0.116. The average Bonchev–Trinajstić information content (AvgIpc) is 2.72. The number of halogens is 4. The van der Waals surface area contributed by atoms with E-state index in [9.17, 15) is 17.6 Å². The van der Waals surface area contributed by atoms with Crippen molar-refractivity contribution in [1.29, 1.82) is 0 Å². The van der Waals surface area contributed by atoms with Crippen molar-refractivity contribution in [1.82, 2.24) is 0 Å². The first-order chi connectivity index (χ1) is 14.4. The number of rotatable bonds is 4. The van der Waals surface area contributed by atoms with Crippen LogP contribution in [0.25, 0.3) is 11.1 Å². The van der Waals surface area contributed by atoms with E-state index in [4.69, 9.17) is 0 Å². The second-order valence-corrected chi connectivity index (χ2v) is 8.95. The first-order valence-corrected chi connectivity index (χ1v) is 10.9. The van der Waals surface area contributed by atoms with Crippen molar-refractivity contribution in [3.8, 4) is 16.9 Å². The van der Waals surface area contributed by atoms with Gasteiger partial charge in [-0.1, -0.05) is 19.8 Å². The SMILES string of the molecule is CCC1CCC2CC(c3cc(F)c(-c4cc(F)c(OC)c(F)c4)c(F)c3)CCC2C1. The lowest BCUT2D eigenvalue weighted by Gasteiger charge is -2.42. The van der Waals surface area contributed by atoms with Gasteiger partial charge in [0.2, 0.25) is 0 Å². The number of hydrogen-bond acceptors (Lipinski definition) is 1. The number of ether oxygens (including phenoxy) is 1. The fourth-order valence-corrected chi connectivity index (χ4v) is 5.66. The normalized spacial score (nSPS) is 26.3. The topological polar surface area (TPSA) is 9.23 Å². The van der Waals surface area contributed by atoms with E-state index in [0.717, 1.165) is 50.3 Å². The molecule has 0 saturated heterocycles. The Morgan fingerprint density at radius 3 is 2.00 bits per heavy atom. The molecule has 0 amide bonds. The summed E-state index contributed by atoms with van der Waals surface area (Å²) in [6.45, 7) is 2.25. The summed E-state index contributed by atoms with van der Waals surface area (Å²) in [5.74, 6) is -1.80. The molecule has 2 saturated carbocycles. The molecular weight excluding hydrogens is 392 g/mol. The van der Waals surface area contributed by atoms with Crippen LogP contribution in [0.3, 0.4) is 0 Å². The molecule has 4 atom stereocenters. The third-order valence-electron chi connectivity index (χ3n) is 7.33. The second kappa shape index (κ2) is 8.60. The van der Waals surface area contributed by atoms with Crippen molar-refractivity contribution in [2.75, 3.05) is 7.11 Å². The molecule has 4 rings (SSSR count). The zero-order valence-corrected chi connectivity index (χ0v) is 17.5. The molecular formula is C25H28F4O. The fourth-order valence-electron chi connectivity index (χ4n) is 5.66. The third kappa shape index (κ3) is 3.95. The summed E-state index contributed by atoms with van der Waals surface area (Å²) >= 11 is 0. The van der Waals surface area contributed by atoms with Gasteiger partial charge in [0.15, 0.2) is 17.4 Å². The molecule has 0 N–H and O–H groups in total. The summed E-state index contributed by atoms with van der Waals surface area (Å²) in [4.78, 5) is 0. The molecule has 2 aliphatic rings. The third-order valence-corrected chi connectivity index (χ3v) is 7.33. The van der Waals surface area contributed by atoms with Crippen molar-refractivity contribution in [3.05, 3.63) is 53.1 Å². The maximum absolute atomic E-state index is 14.9. The lowest BCUT2D eigenvalue weighted by Crippen LogP contribution is -2.30. The zero-order chi connectivity index (χ0) is 21.4. The summed E-state index contributed by atoms with van der Waals surface area (Å²) < 4.78 is 62.5. The first kappa shape index (κ1) is 21.2. The molecule has 162 valence electrons. The van der Waals surface area contributed by atoms with Gasteiger partial charge in [0.05, 0.1) is 12.7 Å². The molecule has 2 fully saturated rings. The predicted molar refractivity (Wildman–Crippen MR) is 109 cm³/mol. The molecule has 0 bridgehead atoms. The summed E-state index contributed by atoms with van der Waals surface area (Å²) in [6, 6.07) is 4.50. The average molecular weight is 420 g/mol. The molecule has 0 radical (unpaired) electrons. The van der Waals surface area contributed by atoms with Crippen LogP contribution in [-0.2, 0) is 0 Å². The quantitative estimate of drug-likeness (QED) is 0.462. The van der Waals surface area contributed by atoms with E-state index in [1.54, 1.807) is 0 Å². The molecule has 5 heteroatoms. The van der Waals surface area contributed by atoms with Gasteiger partial charge in [0, 0.05) is 0 Å². The minimum atomic E-state index is -0.989. The van der Waals surface area contributed by atoms with Gasteiger partial charge >= 0.3 is 0 Å². The molecule has 2 aromatic carbocycles. The largest absolute Gasteiger partial charge is 0.491 e. The van der Waals surface area contributed by atoms with Gasteiger partial charge in [-0.15, -0.1) is 0 Å². The minimum Gasteiger partial charge on any atom is -0.491 e. The van der Waals surface area contributed by atoms with Crippen molar-refractivity contribution >= 4 is 0 Å². The number of hydrogen-bond donors (Lipinski definition) is 0. The Kier molecular flexibility index (Phi) is 6.08. The van der Waals surface area contributed by atoms with E-state index < -0.39 is 34.6 Å². The van der Waals surface area contributed by atoms with Crippen LogP contribution in [0.2, 0.25) is 0 Å². The van der Waals surface area contributed by atoms with E-state index in [2.05, 4.69) is 11.7 Å². The monoisotopic (exact) mass is 420 g/mol. The molecule has 30 heavy (non-hydrogen) atoms. The molecule has 1 nitrogen and oxygen atoms in total. The van der Waals surface area contributed by atoms with Crippen LogP contribution in [0.15, 0.2) is 24.3 Å². The second-order valence-electron chi connectivity index (χ2n) is 8.95. The highest BCUT2D eigenvalue weighted by Gasteiger charge is 2.36. The summed E-state index contributed by atoms with van der Waals surface area (Å²) in [5.41, 5.74) is 0.0737. The van der Waals surface area contributed by atoms with E-state index >= 15 is 0 Å². The maximum Gasteiger partial charge on any atom is 0.190 e. The van der Waals surface area contributed by atoms with Crippen LogP contribution in [-0.4, -0.2) is 7.11 Å². The van der Waals surface area contributed by atoms with E-state index in [-0.39, 0.29) is 11.5 Å². The fraction of sp³-hybridized carbons (Fsp3) is 0.520. The number of benzene rings is 2. The maximum atomic E-state index is 14.9. The Labute approximate surface area is 175 Å². The first-order valence-electron chi connectivity index (χ1n) is 10.9. The summed E-state index contributed by atoms with van der Waals surface area (Å²) in [7, 11) is 1.14. The van der Waals surface area contributed by atoms with Crippen LogP contribution >= 0.6 is 0 Å². The highest BCUT2D eigenvalue weighted by molar-refractivity contribution is 5.66. The molecule has 0 aliphatic heterocycles. The van der Waals surface area contributed by atoms with Crippen molar-refractivity contribution < 1.29 is 22.3 Å². The minimum absolute atomic E-state index is 0.131. The molecule has 2 aliphatic carbocycles. The van der Waals surface area contributed by atoms with Crippen LogP contribution in [0.4, 0.5) is 17.6 Å². The Morgan fingerprint density at radius 1 is 0.800 bits per heavy atom. The van der Waals surface area contributed by atoms with E-state index in [0.29, 0.717) is 11.5 Å². The Hall–Kier alpha value is -2.04. The predicted octanol–water partition coefficient (Wildman–Crippen LogP) is 7.63. The highest BCUT2D eigenvalue weighted by Crippen LogP contribution is 2.48. The molecule has 4 unspecified atom stereocenters. The van der Waals surface area contributed by atoms with Crippen molar-refractivity contribution in [2.45, 2.75) is 57.8 Å². The smallest absolute Gasteiger partial charge is 0.190 e. The van der Waals surface area contributed by atoms with Gasteiger partial charge in [0.25, 0.3) is 0 Å². The molecule has 0 heterocycles. The highest BCUT2D eigenvalue weighted by atomic mass is 19.1. The van der Waals surface area contributed by atoms with Crippen LogP contribution in [0.1, 0.15) is 63.4 Å². The van der Waals surface area contributed by atoms with Gasteiger partial charge in [-0.05, 0) is 91.2 Å². The molecule has 0 spiro atoms. The van der Waals surface area contributed by atoms with Gasteiger partial charge in [-0.3, -0.25) is 0 Å². The van der Waals surface area contributed by atoms with Gasteiger partial charge in [-0.2, -0.15) is 0 Å². The summed E-state index contributed by atoms with van der Waals surface area (Å²) in [6.07, 6.45) is 7.97. The van der Waals surface area contributed by atoms with E-state index in [1.165, 1.54) is 37.8 Å². The van der Waals surface area contributed by atoms with Crippen LogP contribution in [0.5, 0.6) is 5.75 Å². The van der Waals surface area contributed by atoms with Gasteiger partial charge in [-0.25, -0.2) is 17.6 Å². The van der Waals surface area contributed by atoms with E-state index in [1.807, 2.05) is 0 Å². The zero-order valence-electron chi connectivity index (χ0n) is 17.5. The Morgan fingerprint density at radius 2 is 1.40 bits per heavy atom. The van der Waals surface area contributed by atoms with Crippen LogP contribution < -0.4 is 4.74 Å². The summed E-state index contributed by atoms with van der Waals surface area (Å²) in [5, 5.41) is 0. The lowest BCUT2D eigenvalue weighted by atomic mass is 9.63. The van der Waals surface area contributed by atoms with Crippen LogP contribution in [0, 0.1) is 41.0 Å². The number of fused-ring (bicyclic) bond motifs is 1. The Balaban J connectivity index is 1.58. The molecule has 2 aromatic rings. The Bertz CT molecular complexity index is 879. The van der Waals surface area contributed by atoms with Crippen molar-refractivity contribution in [2.24, 2.45) is 17.8 Å². The number of methoxy groups -OCH3 is 1. The standard InChI is InChI=1S/C25H28F4O/c1-3-14-4-5-16-9-17(7-6-15(16)8-14)18-10-20(26)24(21(27)11-18)19-12-22(28)25(30-2)23(29)13-19/h10-17H,3-9H2,1-2H3. The van der Waals surface area contributed by atoms with Gasteiger partial charge < -0.3 is 4.74 Å². The van der Waals surface area contributed by atoms with Gasteiger partial charge in [0.1, 0.15) is 11.6 Å². The molecule has 0 aromatic heterocycles.